The first-order valence-corrected chi connectivity index (χ1v) is 11.3. The molecule has 2 atom stereocenters. The summed E-state index contributed by atoms with van der Waals surface area (Å²) in [6.07, 6.45) is 5.41. The van der Waals surface area contributed by atoms with E-state index in [2.05, 4.69) is 15.7 Å². The highest BCUT2D eigenvalue weighted by Gasteiger charge is 2.25. The van der Waals surface area contributed by atoms with Crippen molar-refractivity contribution in [1.82, 2.24) is 20.2 Å². The van der Waals surface area contributed by atoms with Gasteiger partial charge in [0.05, 0.1) is 17.7 Å². The van der Waals surface area contributed by atoms with Crippen molar-refractivity contribution in [3.8, 4) is 0 Å². The number of nitrogens with one attached hydrogen (secondary N) is 2. The van der Waals surface area contributed by atoms with E-state index in [1.54, 1.807) is 4.52 Å². The monoisotopic (exact) mass is 434 g/mol. The number of carbonyl (C=O) groups excluding carboxylic acids is 2. The van der Waals surface area contributed by atoms with Crippen molar-refractivity contribution in [1.29, 1.82) is 0 Å². The summed E-state index contributed by atoms with van der Waals surface area (Å²) >= 11 is 0. The van der Waals surface area contributed by atoms with E-state index in [4.69, 9.17) is 0 Å². The van der Waals surface area contributed by atoms with E-state index < -0.39 is 6.10 Å². The molecule has 0 spiro atoms. The van der Waals surface area contributed by atoms with Crippen molar-refractivity contribution in [2.45, 2.75) is 64.1 Å². The number of rotatable bonds is 6. The fourth-order valence-corrected chi connectivity index (χ4v) is 4.21. The summed E-state index contributed by atoms with van der Waals surface area (Å²) in [5.41, 5.74) is 3.89. The number of aliphatic hydroxyl groups is 1. The largest absolute Gasteiger partial charge is 0.391 e. The normalized spacial score (nSPS) is 18.6. The summed E-state index contributed by atoms with van der Waals surface area (Å²) in [7, 11) is 0. The molecular weight excluding hydrogens is 404 g/mol. The standard InChI is InChI=1S/C25H30N4O3/c1-16(2)26-24(31)18-11-9-17(10-12-18)14-19-15-21(28-29-13-5-7-22(19)29)25(32)27-20-6-3-4-8-23(20)30/h5,7,9-13,15-16,20,23,30H,3-4,6,8,14H2,1-2H3,(H,26,31)(H,27,32)/t20-,23-/m0/s1. The van der Waals surface area contributed by atoms with Gasteiger partial charge < -0.3 is 15.7 Å². The second-order valence-electron chi connectivity index (χ2n) is 8.83. The van der Waals surface area contributed by atoms with Crippen LogP contribution in [0.5, 0.6) is 0 Å². The molecule has 0 aliphatic heterocycles. The van der Waals surface area contributed by atoms with Crippen LogP contribution in [0.3, 0.4) is 0 Å². The van der Waals surface area contributed by atoms with E-state index in [0.29, 0.717) is 24.1 Å². The predicted molar refractivity (Wildman–Crippen MR) is 123 cm³/mol. The lowest BCUT2D eigenvalue weighted by Gasteiger charge is -2.28. The number of benzene rings is 1. The Morgan fingerprint density at radius 3 is 2.59 bits per heavy atom. The van der Waals surface area contributed by atoms with Gasteiger partial charge in [0.2, 0.25) is 0 Å². The van der Waals surface area contributed by atoms with Crippen LogP contribution in [0.2, 0.25) is 0 Å². The van der Waals surface area contributed by atoms with Crippen molar-refractivity contribution < 1.29 is 14.7 Å². The topological polar surface area (TPSA) is 95.7 Å². The average Bonchev–Trinajstić information content (AvgIpc) is 3.24. The van der Waals surface area contributed by atoms with Crippen molar-refractivity contribution in [3.63, 3.8) is 0 Å². The Balaban J connectivity index is 1.54. The number of hydrogen-bond acceptors (Lipinski definition) is 4. The van der Waals surface area contributed by atoms with Gasteiger partial charge in [-0.3, -0.25) is 9.59 Å². The maximum atomic E-state index is 12.9. The predicted octanol–water partition coefficient (Wildman–Crippen LogP) is 3.10. The van der Waals surface area contributed by atoms with E-state index in [9.17, 15) is 14.7 Å². The molecule has 1 fully saturated rings. The smallest absolute Gasteiger partial charge is 0.272 e. The summed E-state index contributed by atoms with van der Waals surface area (Å²) < 4.78 is 1.71. The molecule has 0 bridgehead atoms. The second-order valence-corrected chi connectivity index (χ2v) is 8.83. The lowest BCUT2D eigenvalue weighted by atomic mass is 9.92. The molecule has 1 aromatic carbocycles. The van der Waals surface area contributed by atoms with Crippen molar-refractivity contribution in [3.05, 3.63) is 71.0 Å². The molecular formula is C25H30N4O3. The zero-order valence-electron chi connectivity index (χ0n) is 18.5. The third kappa shape index (κ3) is 4.99. The van der Waals surface area contributed by atoms with Crippen LogP contribution in [-0.2, 0) is 6.42 Å². The SMILES string of the molecule is CC(C)NC(=O)c1ccc(Cc2cc(C(=O)N[C@H]3CCCC[C@@H]3O)nn3cccc23)cc1. The minimum atomic E-state index is -0.506. The molecule has 1 aliphatic rings. The van der Waals surface area contributed by atoms with Gasteiger partial charge in [-0.1, -0.05) is 25.0 Å². The number of aromatic nitrogens is 2. The minimum absolute atomic E-state index is 0.0842. The lowest BCUT2D eigenvalue weighted by molar-refractivity contribution is 0.0712. The lowest BCUT2D eigenvalue weighted by Crippen LogP contribution is -2.45. The number of hydrogen-bond donors (Lipinski definition) is 3. The molecule has 3 aromatic rings. The van der Waals surface area contributed by atoms with Crippen molar-refractivity contribution in [2.24, 2.45) is 0 Å². The van der Waals surface area contributed by atoms with E-state index in [0.717, 1.165) is 35.9 Å². The Morgan fingerprint density at radius 1 is 1.12 bits per heavy atom. The minimum Gasteiger partial charge on any atom is -0.391 e. The summed E-state index contributed by atoms with van der Waals surface area (Å²) in [6.45, 7) is 3.86. The van der Waals surface area contributed by atoms with Crippen LogP contribution in [0.4, 0.5) is 0 Å². The first kappa shape index (κ1) is 22.0. The Morgan fingerprint density at radius 2 is 1.88 bits per heavy atom. The van der Waals surface area contributed by atoms with E-state index >= 15 is 0 Å². The Labute approximate surface area is 187 Å². The van der Waals surface area contributed by atoms with Gasteiger partial charge in [0, 0.05) is 17.8 Å². The zero-order valence-corrected chi connectivity index (χ0v) is 18.5. The highest BCUT2D eigenvalue weighted by atomic mass is 16.3. The van der Waals surface area contributed by atoms with Crippen molar-refractivity contribution in [2.75, 3.05) is 0 Å². The first-order valence-electron chi connectivity index (χ1n) is 11.3. The third-order valence-corrected chi connectivity index (χ3v) is 5.89. The number of nitrogens with zero attached hydrogens (tertiary/aromatic N) is 2. The van der Waals surface area contributed by atoms with Gasteiger partial charge in [0.1, 0.15) is 5.69 Å². The Hall–Kier alpha value is -3.19. The molecule has 7 heteroatoms. The fourth-order valence-electron chi connectivity index (χ4n) is 4.21. The van der Waals surface area contributed by atoms with Crippen LogP contribution in [0, 0.1) is 0 Å². The summed E-state index contributed by atoms with van der Waals surface area (Å²) in [6, 6.07) is 13.1. The molecule has 7 nitrogen and oxygen atoms in total. The van der Waals surface area contributed by atoms with Gasteiger partial charge in [0.25, 0.3) is 11.8 Å². The third-order valence-electron chi connectivity index (χ3n) is 5.89. The number of aliphatic hydroxyl groups excluding tert-OH is 1. The summed E-state index contributed by atoms with van der Waals surface area (Å²) in [5.74, 6) is -0.359. The molecule has 0 unspecified atom stereocenters. The first-order chi connectivity index (χ1) is 15.4. The maximum Gasteiger partial charge on any atom is 0.272 e. The number of amides is 2. The number of fused-ring (bicyclic) bond motifs is 1. The van der Waals surface area contributed by atoms with Crippen LogP contribution in [0.1, 0.15) is 71.5 Å². The molecule has 0 radical (unpaired) electrons. The highest BCUT2D eigenvalue weighted by Crippen LogP contribution is 2.20. The second kappa shape index (κ2) is 9.53. The Bertz CT molecular complexity index is 1100. The van der Waals surface area contributed by atoms with Gasteiger partial charge in [-0.15, -0.1) is 0 Å². The summed E-state index contributed by atoms with van der Waals surface area (Å²) in [4.78, 5) is 25.1. The molecule has 1 aliphatic carbocycles. The van der Waals surface area contributed by atoms with Crippen LogP contribution >= 0.6 is 0 Å². The van der Waals surface area contributed by atoms with Crippen LogP contribution in [-0.4, -0.2) is 44.7 Å². The molecule has 4 rings (SSSR count). The Kier molecular flexibility index (Phi) is 6.55. The molecule has 168 valence electrons. The van der Waals surface area contributed by atoms with Crippen LogP contribution < -0.4 is 10.6 Å². The van der Waals surface area contributed by atoms with Gasteiger partial charge in [0.15, 0.2) is 0 Å². The zero-order chi connectivity index (χ0) is 22.7. The maximum absolute atomic E-state index is 12.9. The van der Waals surface area contributed by atoms with Gasteiger partial charge in [-0.2, -0.15) is 5.10 Å². The van der Waals surface area contributed by atoms with E-state index in [1.807, 2.05) is 62.5 Å². The van der Waals surface area contributed by atoms with Gasteiger partial charge in [-0.05, 0) is 74.6 Å². The van der Waals surface area contributed by atoms with Crippen LogP contribution in [0.15, 0.2) is 48.7 Å². The van der Waals surface area contributed by atoms with Gasteiger partial charge in [-0.25, -0.2) is 4.52 Å². The molecule has 1 saturated carbocycles. The molecule has 0 saturated heterocycles. The van der Waals surface area contributed by atoms with Crippen LogP contribution in [0.25, 0.3) is 5.52 Å². The van der Waals surface area contributed by atoms with E-state index in [1.165, 1.54) is 0 Å². The van der Waals surface area contributed by atoms with E-state index in [-0.39, 0.29) is 23.9 Å². The quantitative estimate of drug-likeness (QED) is 0.556. The van der Waals surface area contributed by atoms with Crippen molar-refractivity contribution >= 4 is 17.3 Å². The number of carbonyl (C=O) groups is 2. The fraction of sp³-hybridized carbons (Fsp3) is 0.400. The molecule has 32 heavy (non-hydrogen) atoms. The molecule has 2 aromatic heterocycles. The molecule has 2 heterocycles. The summed E-state index contributed by atoms with van der Waals surface area (Å²) in [5, 5.41) is 20.5. The highest BCUT2D eigenvalue weighted by molar-refractivity contribution is 5.94. The van der Waals surface area contributed by atoms with Gasteiger partial charge >= 0.3 is 0 Å². The average molecular weight is 435 g/mol. The molecule has 2 amide bonds. The molecule has 3 N–H and O–H groups in total.